The summed E-state index contributed by atoms with van der Waals surface area (Å²) in [7, 11) is 0. The quantitative estimate of drug-likeness (QED) is 0.239. The summed E-state index contributed by atoms with van der Waals surface area (Å²) in [6.45, 7) is 7.06. The van der Waals surface area contributed by atoms with Crippen molar-refractivity contribution >= 4 is 31.9 Å². The van der Waals surface area contributed by atoms with E-state index in [2.05, 4.69) is 76.9 Å². The zero-order valence-corrected chi connectivity index (χ0v) is 24.6. The maximum atomic E-state index is 11.1. The summed E-state index contributed by atoms with van der Waals surface area (Å²) in [5, 5.41) is 22.1. The van der Waals surface area contributed by atoms with Crippen LogP contribution >= 0.6 is 31.9 Å². The van der Waals surface area contributed by atoms with E-state index < -0.39 is 0 Å². The zero-order chi connectivity index (χ0) is 26.4. The average Bonchev–Trinajstić information content (AvgIpc) is 2.87. The van der Waals surface area contributed by atoms with Crippen LogP contribution in [0.15, 0.2) is 93.9 Å². The standard InChI is InChI=1S/C33H32Br2O2/c1-21-18-32(2,3)20-33(19-21,24-14-26(30(36)28(34)16-24)22-10-6-4-7-11-22)25-15-27(31(37)29(35)17-25)23-12-8-5-9-13-23/h4-17,21,36-37H,18-20H2,1-3H3. The van der Waals surface area contributed by atoms with Gasteiger partial charge in [0.2, 0.25) is 0 Å². The Balaban J connectivity index is 1.80. The van der Waals surface area contributed by atoms with Crippen molar-refractivity contribution < 1.29 is 10.2 Å². The average molecular weight is 620 g/mol. The molecule has 0 aromatic heterocycles. The summed E-state index contributed by atoms with van der Waals surface area (Å²) in [5.41, 5.74) is 5.77. The number of rotatable bonds is 4. The van der Waals surface area contributed by atoms with Crippen molar-refractivity contribution in [1.29, 1.82) is 0 Å². The van der Waals surface area contributed by atoms with Crippen molar-refractivity contribution in [3.63, 3.8) is 0 Å². The van der Waals surface area contributed by atoms with Crippen molar-refractivity contribution in [2.75, 3.05) is 0 Å². The van der Waals surface area contributed by atoms with Crippen LogP contribution in [0.3, 0.4) is 0 Å². The number of phenolic OH excluding ortho intramolecular Hbond substituents is 2. The van der Waals surface area contributed by atoms with Gasteiger partial charge < -0.3 is 10.2 Å². The van der Waals surface area contributed by atoms with Crippen LogP contribution in [0.25, 0.3) is 22.3 Å². The van der Waals surface area contributed by atoms with Crippen LogP contribution < -0.4 is 0 Å². The lowest BCUT2D eigenvalue weighted by molar-refractivity contribution is 0.127. The van der Waals surface area contributed by atoms with Crippen LogP contribution in [-0.2, 0) is 5.41 Å². The molecule has 2 nitrogen and oxygen atoms in total. The molecule has 4 aromatic carbocycles. The summed E-state index contributed by atoms with van der Waals surface area (Å²) in [6, 6.07) is 28.7. The zero-order valence-electron chi connectivity index (χ0n) is 21.4. The second kappa shape index (κ2) is 9.96. The minimum atomic E-state index is -0.305. The normalized spacial score (nSPS) is 18.5. The fraction of sp³-hybridized carbons (Fsp3) is 0.273. The maximum Gasteiger partial charge on any atom is 0.137 e. The number of phenols is 2. The van der Waals surface area contributed by atoms with Crippen LogP contribution in [0.1, 0.15) is 51.2 Å². The van der Waals surface area contributed by atoms with Gasteiger partial charge in [-0.3, -0.25) is 0 Å². The highest BCUT2D eigenvalue weighted by molar-refractivity contribution is 9.11. The molecule has 1 fully saturated rings. The van der Waals surface area contributed by atoms with Crippen LogP contribution in [0.2, 0.25) is 0 Å². The molecule has 1 atom stereocenters. The van der Waals surface area contributed by atoms with Gasteiger partial charge in [0.05, 0.1) is 8.95 Å². The third kappa shape index (κ3) is 4.98. The van der Waals surface area contributed by atoms with Crippen molar-refractivity contribution in [1.82, 2.24) is 0 Å². The van der Waals surface area contributed by atoms with Gasteiger partial charge in [-0.05, 0) is 109 Å². The van der Waals surface area contributed by atoms with Gasteiger partial charge in [0.25, 0.3) is 0 Å². The molecular formula is C33H32Br2O2. The molecule has 0 radical (unpaired) electrons. The summed E-state index contributed by atoms with van der Waals surface area (Å²) < 4.78 is 1.39. The lowest BCUT2D eigenvalue weighted by Crippen LogP contribution is -2.41. The van der Waals surface area contributed by atoms with E-state index in [1.807, 2.05) is 60.7 Å². The Hall–Kier alpha value is -2.56. The molecular weight excluding hydrogens is 588 g/mol. The molecule has 4 heteroatoms. The van der Waals surface area contributed by atoms with E-state index in [0.29, 0.717) is 14.9 Å². The van der Waals surface area contributed by atoms with Gasteiger partial charge in [0.1, 0.15) is 11.5 Å². The topological polar surface area (TPSA) is 40.5 Å². The van der Waals surface area contributed by atoms with E-state index in [1.54, 1.807) is 0 Å². The Bertz CT molecular complexity index is 1330. The Morgan fingerprint density at radius 1 is 0.676 bits per heavy atom. The lowest BCUT2D eigenvalue weighted by Gasteiger charge is -2.49. The number of aromatic hydroxyl groups is 2. The first kappa shape index (κ1) is 26.1. The van der Waals surface area contributed by atoms with Gasteiger partial charge in [-0.25, -0.2) is 0 Å². The molecule has 4 aromatic rings. The van der Waals surface area contributed by atoms with Gasteiger partial charge in [0, 0.05) is 16.5 Å². The highest BCUT2D eigenvalue weighted by atomic mass is 79.9. The van der Waals surface area contributed by atoms with Gasteiger partial charge in [0.15, 0.2) is 0 Å². The minimum absolute atomic E-state index is 0.117. The summed E-state index contributed by atoms with van der Waals surface area (Å²) in [6.07, 6.45) is 3.10. The van der Waals surface area contributed by atoms with Crippen LogP contribution in [0.5, 0.6) is 11.5 Å². The molecule has 1 aliphatic carbocycles. The summed E-state index contributed by atoms with van der Waals surface area (Å²) in [5.74, 6) is 1.01. The molecule has 0 aliphatic heterocycles. The largest absolute Gasteiger partial charge is 0.506 e. The first-order valence-corrected chi connectivity index (χ1v) is 14.4. The molecule has 1 unspecified atom stereocenters. The van der Waals surface area contributed by atoms with Gasteiger partial charge in [-0.1, -0.05) is 81.4 Å². The Morgan fingerprint density at radius 3 is 1.51 bits per heavy atom. The molecule has 190 valence electrons. The van der Waals surface area contributed by atoms with Crippen LogP contribution in [0.4, 0.5) is 0 Å². The molecule has 0 saturated heterocycles. The van der Waals surface area contributed by atoms with Crippen LogP contribution in [-0.4, -0.2) is 10.2 Å². The van der Waals surface area contributed by atoms with E-state index in [0.717, 1.165) is 41.5 Å². The molecule has 5 rings (SSSR count). The molecule has 1 saturated carbocycles. The van der Waals surface area contributed by atoms with E-state index >= 15 is 0 Å². The number of benzene rings is 4. The molecule has 1 aliphatic rings. The molecule has 37 heavy (non-hydrogen) atoms. The summed E-state index contributed by atoms with van der Waals surface area (Å²) >= 11 is 7.36. The van der Waals surface area contributed by atoms with Gasteiger partial charge >= 0.3 is 0 Å². The number of hydrogen-bond donors (Lipinski definition) is 2. The third-order valence-electron chi connectivity index (χ3n) is 7.78. The van der Waals surface area contributed by atoms with Crippen molar-refractivity contribution in [2.24, 2.45) is 11.3 Å². The molecule has 2 N–H and O–H groups in total. The minimum Gasteiger partial charge on any atom is -0.506 e. The van der Waals surface area contributed by atoms with Gasteiger partial charge in [-0.2, -0.15) is 0 Å². The predicted octanol–water partition coefficient (Wildman–Crippen LogP) is 10.1. The Morgan fingerprint density at radius 2 is 1.11 bits per heavy atom. The fourth-order valence-electron chi connectivity index (χ4n) is 6.60. The van der Waals surface area contributed by atoms with E-state index in [1.165, 1.54) is 11.1 Å². The second-order valence-electron chi connectivity index (χ2n) is 11.4. The fourth-order valence-corrected chi connectivity index (χ4v) is 7.52. The molecule has 0 bridgehead atoms. The smallest absolute Gasteiger partial charge is 0.137 e. The lowest BCUT2D eigenvalue weighted by atomic mass is 9.55. The van der Waals surface area contributed by atoms with Crippen LogP contribution in [0, 0.1) is 11.3 Å². The van der Waals surface area contributed by atoms with Crippen molar-refractivity contribution in [2.45, 2.75) is 45.4 Å². The van der Waals surface area contributed by atoms with E-state index in [4.69, 9.17) is 0 Å². The predicted molar refractivity (Wildman–Crippen MR) is 160 cm³/mol. The first-order valence-electron chi connectivity index (χ1n) is 12.8. The molecule has 0 spiro atoms. The second-order valence-corrected chi connectivity index (χ2v) is 13.1. The van der Waals surface area contributed by atoms with Gasteiger partial charge in [-0.15, -0.1) is 0 Å². The maximum absolute atomic E-state index is 11.1. The first-order chi connectivity index (χ1) is 17.6. The van der Waals surface area contributed by atoms with E-state index in [9.17, 15) is 10.2 Å². The Labute approximate surface area is 236 Å². The van der Waals surface area contributed by atoms with E-state index in [-0.39, 0.29) is 22.3 Å². The van der Waals surface area contributed by atoms with Crippen molar-refractivity contribution in [3.8, 4) is 33.8 Å². The van der Waals surface area contributed by atoms with Crippen molar-refractivity contribution in [3.05, 3.63) is 105 Å². The summed E-state index contributed by atoms with van der Waals surface area (Å²) in [4.78, 5) is 0. The SMILES string of the molecule is CC1CC(C)(C)CC(c2cc(Br)c(O)c(-c3ccccc3)c2)(c2cc(Br)c(O)c(-c3ccccc3)c2)C1. The third-order valence-corrected chi connectivity index (χ3v) is 8.99. The monoisotopic (exact) mass is 618 g/mol. The molecule has 0 amide bonds. The highest BCUT2D eigenvalue weighted by Crippen LogP contribution is 2.56. The Kier molecular flexibility index (Phi) is 7.02. The number of halogens is 2. The highest BCUT2D eigenvalue weighted by Gasteiger charge is 2.46. The number of hydrogen-bond acceptors (Lipinski definition) is 2. The molecule has 0 heterocycles.